The van der Waals surface area contributed by atoms with E-state index < -0.39 is 10.0 Å². The zero-order chi connectivity index (χ0) is 17.6. The van der Waals surface area contributed by atoms with Crippen molar-refractivity contribution >= 4 is 27.3 Å². The maximum atomic E-state index is 12.1. The van der Waals surface area contributed by atoms with Gasteiger partial charge in [-0.15, -0.1) is 0 Å². The molecule has 0 unspecified atom stereocenters. The lowest BCUT2D eigenvalue weighted by Crippen LogP contribution is -2.33. The van der Waals surface area contributed by atoms with Gasteiger partial charge in [-0.2, -0.15) is 0 Å². The van der Waals surface area contributed by atoms with Crippen LogP contribution in [0, 0.1) is 0 Å². The van der Waals surface area contributed by atoms with Crippen LogP contribution in [-0.2, 0) is 14.8 Å². The van der Waals surface area contributed by atoms with Crippen molar-refractivity contribution in [3.8, 4) is 5.75 Å². The third kappa shape index (κ3) is 4.99. The first-order valence-electron chi connectivity index (χ1n) is 7.37. The van der Waals surface area contributed by atoms with Crippen LogP contribution < -0.4 is 14.4 Å². The van der Waals surface area contributed by atoms with Gasteiger partial charge in [0.2, 0.25) is 15.9 Å². The van der Waals surface area contributed by atoms with Gasteiger partial charge in [-0.3, -0.25) is 9.10 Å². The van der Waals surface area contributed by atoms with Gasteiger partial charge in [-0.05, 0) is 24.3 Å². The summed E-state index contributed by atoms with van der Waals surface area (Å²) in [4.78, 5) is 12.1. The van der Waals surface area contributed by atoms with Gasteiger partial charge >= 0.3 is 0 Å². The van der Waals surface area contributed by atoms with E-state index in [0.717, 1.165) is 6.26 Å². The minimum absolute atomic E-state index is 0.0408. The number of para-hydroxylation sites is 1. The topological polar surface area (TPSA) is 75.7 Å². The zero-order valence-corrected chi connectivity index (χ0v) is 14.4. The Labute approximate surface area is 142 Å². The van der Waals surface area contributed by atoms with Crippen molar-refractivity contribution < 1.29 is 17.9 Å². The maximum Gasteiger partial charge on any atom is 0.232 e. The van der Waals surface area contributed by atoms with Crippen LogP contribution in [0.5, 0.6) is 5.75 Å². The lowest BCUT2D eigenvalue weighted by molar-refractivity contribution is -0.116. The van der Waals surface area contributed by atoms with Crippen LogP contribution in [0.1, 0.15) is 6.42 Å². The molecule has 0 heterocycles. The summed E-state index contributed by atoms with van der Waals surface area (Å²) in [5, 5.41) is 2.73. The predicted molar refractivity (Wildman–Crippen MR) is 94.9 cm³/mol. The molecule has 128 valence electrons. The highest BCUT2D eigenvalue weighted by Crippen LogP contribution is 2.19. The highest BCUT2D eigenvalue weighted by atomic mass is 32.2. The highest BCUT2D eigenvalue weighted by Gasteiger charge is 2.18. The van der Waals surface area contributed by atoms with Gasteiger partial charge in [-0.1, -0.05) is 24.3 Å². The molecule has 0 saturated heterocycles. The number of rotatable bonds is 7. The van der Waals surface area contributed by atoms with Crippen molar-refractivity contribution in [2.45, 2.75) is 6.42 Å². The Balaban J connectivity index is 2.02. The van der Waals surface area contributed by atoms with Crippen molar-refractivity contribution in [2.75, 3.05) is 29.5 Å². The summed E-state index contributed by atoms with van der Waals surface area (Å²) < 4.78 is 30.2. The molecular weight excluding hydrogens is 328 g/mol. The molecule has 6 nitrogen and oxygen atoms in total. The predicted octanol–water partition coefficient (Wildman–Crippen LogP) is 2.49. The smallest absolute Gasteiger partial charge is 0.232 e. The molecule has 0 aromatic heterocycles. The Bertz CT molecular complexity index is 791. The summed E-state index contributed by atoms with van der Waals surface area (Å²) in [6.07, 6.45) is 1.17. The number of ether oxygens (including phenoxy) is 1. The number of sulfonamides is 1. The van der Waals surface area contributed by atoms with Gasteiger partial charge < -0.3 is 10.1 Å². The molecule has 0 saturated carbocycles. The van der Waals surface area contributed by atoms with E-state index in [-0.39, 0.29) is 18.9 Å². The summed E-state index contributed by atoms with van der Waals surface area (Å²) in [5.74, 6) is 0.364. The van der Waals surface area contributed by atoms with Gasteiger partial charge in [0, 0.05) is 24.7 Å². The molecule has 7 heteroatoms. The first-order valence-corrected chi connectivity index (χ1v) is 9.21. The van der Waals surface area contributed by atoms with Crippen LogP contribution in [-0.4, -0.2) is 34.2 Å². The van der Waals surface area contributed by atoms with Crippen molar-refractivity contribution in [3.05, 3.63) is 54.6 Å². The molecule has 0 aliphatic carbocycles. The first kappa shape index (κ1) is 17.8. The van der Waals surface area contributed by atoms with Gasteiger partial charge in [0.1, 0.15) is 5.75 Å². The van der Waals surface area contributed by atoms with E-state index in [1.54, 1.807) is 61.7 Å². The van der Waals surface area contributed by atoms with Crippen LogP contribution >= 0.6 is 0 Å². The van der Waals surface area contributed by atoms with E-state index in [4.69, 9.17) is 4.74 Å². The van der Waals surface area contributed by atoms with Crippen LogP contribution in [0.25, 0.3) is 0 Å². The number of benzene rings is 2. The fourth-order valence-corrected chi connectivity index (χ4v) is 3.14. The Hall–Kier alpha value is -2.54. The molecule has 0 spiro atoms. The molecule has 1 N–H and O–H groups in total. The Kier molecular flexibility index (Phi) is 5.81. The molecule has 0 aliphatic rings. The third-order valence-electron chi connectivity index (χ3n) is 3.34. The molecular formula is C17H20N2O4S. The highest BCUT2D eigenvalue weighted by molar-refractivity contribution is 7.92. The van der Waals surface area contributed by atoms with Crippen molar-refractivity contribution in [1.29, 1.82) is 0 Å². The summed E-state index contributed by atoms with van der Waals surface area (Å²) >= 11 is 0. The second-order valence-corrected chi connectivity index (χ2v) is 7.11. The minimum Gasteiger partial charge on any atom is -0.497 e. The van der Waals surface area contributed by atoms with Crippen molar-refractivity contribution in [2.24, 2.45) is 0 Å². The number of nitrogens with one attached hydrogen (secondary N) is 1. The molecule has 24 heavy (non-hydrogen) atoms. The van der Waals surface area contributed by atoms with Crippen LogP contribution in [0.3, 0.4) is 0 Å². The lowest BCUT2D eigenvalue weighted by atomic mass is 10.2. The number of amides is 1. The number of carbonyl (C=O) groups excluding carboxylic acids is 1. The summed E-state index contributed by atoms with van der Waals surface area (Å²) in [7, 11) is -1.92. The van der Waals surface area contributed by atoms with E-state index in [1.807, 2.05) is 0 Å². The van der Waals surface area contributed by atoms with Crippen LogP contribution in [0.2, 0.25) is 0 Å². The molecule has 2 rings (SSSR count). The zero-order valence-electron chi connectivity index (χ0n) is 13.6. The standard InChI is InChI=1S/C17H20N2O4S/c1-23-16-10-6-7-14(13-16)18-17(20)11-12-19(24(2,21)22)15-8-4-3-5-9-15/h3-10,13H,11-12H2,1-2H3,(H,18,20). The van der Waals surface area contributed by atoms with Gasteiger partial charge in [-0.25, -0.2) is 8.42 Å². The fraction of sp³-hybridized carbons (Fsp3) is 0.235. The molecule has 0 aliphatic heterocycles. The largest absolute Gasteiger partial charge is 0.497 e. The Morgan fingerprint density at radius 3 is 2.46 bits per heavy atom. The maximum absolute atomic E-state index is 12.1. The number of nitrogens with zero attached hydrogens (tertiary/aromatic N) is 1. The molecule has 0 atom stereocenters. The van der Waals surface area contributed by atoms with E-state index in [9.17, 15) is 13.2 Å². The SMILES string of the molecule is COc1cccc(NC(=O)CCN(c2ccccc2)S(C)(=O)=O)c1. The second-order valence-electron chi connectivity index (χ2n) is 5.20. The van der Waals surface area contributed by atoms with E-state index >= 15 is 0 Å². The summed E-state index contributed by atoms with van der Waals surface area (Å²) in [6, 6.07) is 15.7. The molecule has 0 bridgehead atoms. The van der Waals surface area contributed by atoms with Gasteiger partial charge in [0.05, 0.1) is 19.1 Å². The average Bonchev–Trinajstić information content (AvgIpc) is 2.55. The molecule has 2 aromatic rings. The number of methoxy groups -OCH3 is 1. The van der Waals surface area contributed by atoms with Crippen LogP contribution in [0.4, 0.5) is 11.4 Å². The average molecular weight is 348 g/mol. The quantitative estimate of drug-likeness (QED) is 0.834. The van der Waals surface area contributed by atoms with E-state index in [2.05, 4.69) is 5.32 Å². The van der Waals surface area contributed by atoms with E-state index in [0.29, 0.717) is 17.1 Å². The summed E-state index contributed by atoms with van der Waals surface area (Å²) in [5.41, 5.74) is 1.14. The third-order valence-corrected chi connectivity index (χ3v) is 4.53. The molecule has 0 radical (unpaired) electrons. The molecule has 2 aromatic carbocycles. The summed E-state index contributed by atoms with van der Waals surface area (Å²) in [6.45, 7) is 0.0681. The van der Waals surface area contributed by atoms with Crippen molar-refractivity contribution in [3.63, 3.8) is 0 Å². The number of carbonyl (C=O) groups is 1. The second kappa shape index (κ2) is 7.83. The first-order chi connectivity index (χ1) is 11.4. The van der Waals surface area contributed by atoms with Crippen LogP contribution in [0.15, 0.2) is 54.6 Å². The fourth-order valence-electron chi connectivity index (χ4n) is 2.21. The normalized spacial score (nSPS) is 10.9. The molecule has 1 amide bonds. The Morgan fingerprint density at radius 1 is 1.12 bits per heavy atom. The van der Waals surface area contributed by atoms with Gasteiger partial charge in [0.25, 0.3) is 0 Å². The Morgan fingerprint density at radius 2 is 1.83 bits per heavy atom. The van der Waals surface area contributed by atoms with E-state index in [1.165, 1.54) is 4.31 Å². The van der Waals surface area contributed by atoms with Crippen molar-refractivity contribution in [1.82, 2.24) is 0 Å². The van der Waals surface area contributed by atoms with Gasteiger partial charge in [0.15, 0.2) is 0 Å². The number of hydrogen-bond acceptors (Lipinski definition) is 4. The molecule has 0 fully saturated rings. The lowest BCUT2D eigenvalue weighted by Gasteiger charge is -2.22. The number of hydrogen-bond donors (Lipinski definition) is 1. The number of anilines is 2. The minimum atomic E-state index is -3.46. The monoisotopic (exact) mass is 348 g/mol.